The van der Waals surface area contributed by atoms with Crippen molar-refractivity contribution in [2.75, 3.05) is 26.0 Å². The van der Waals surface area contributed by atoms with Crippen LogP contribution in [0.1, 0.15) is 24.4 Å². The monoisotopic (exact) mass is 330 g/mol. The zero-order valence-corrected chi connectivity index (χ0v) is 13.8. The molecule has 2 rings (SSSR count). The number of carbonyl (C=O) groups excluding carboxylic acids is 1. The van der Waals surface area contributed by atoms with E-state index in [-0.39, 0.29) is 23.1 Å². The van der Waals surface area contributed by atoms with Gasteiger partial charge in [0, 0.05) is 24.5 Å². The molecule has 0 radical (unpaired) electrons. The van der Waals surface area contributed by atoms with Crippen molar-refractivity contribution in [2.45, 2.75) is 23.6 Å². The Morgan fingerprint density at radius 2 is 2.00 bits per heavy atom. The standard InChI is InChI=1S/C15H22N2O2S.ClH/c1-20-15(7-9-19-10-8-15)11-17-14(18)13(16)12-5-3-2-4-6-12;/h2-6,13H,7-11,16H2,1H3,(H,17,18);1H. The van der Waals surface area contributed by atoms with Gasteiger partial charge in [-0.1, -0.05) is 30.3 Å². The highest BCUT2D eigenvalue weighted by Crippen LogP contribution is 2.33. The molecule has 1 aliphatic rings. The van der Waals surface area contributed by atoms with E-state index in [0.29, 0.717) is 6.54 Å². The number of hydrogen-bond acceptors (Lipinski definition) is 4. The maximum atomic E-state index is 12.2. The van der Waals surface area contributed by atoms with E-state index in [1.165, 1.54) is 0 Å². The fourth-order valence-electron chi connectivity index (χ4n) is 2.37. The molecule has 0 aromatic heterocycles. The molecular weight excluding hydrogens is 308 g/mol. The third kappa shape index (κ3) is 4.88. The number of ether oxygens (including phenoxy) is 1. The molecule has 1 aromatic rings. The molecule has 4 nitrogen and oxygen atoms in total. The van der Waals surface area contributed by atoms with Gasteiger partial charge in [0.05, 0.1) is 0 Å². The lowest BCUT2D eigenvalue weighted by Gasteiger charge is -2.36. The van der Waals surface area contributed by atoms with Crippen LogP contribution in [-0.4, -0.2) is 36.7 Å². The summed E-state index contributed by atoms with van der Waals surface area (Å²) in [7, 11) is 0. The summed E-state index contributed by atoms with van der Waals surface area (Å²) < 4.78 is 5.49. The number of thioether (sulfide) groups is 1. The third-order valence-electron chi connectivity index (χ3n) is 3.86. The van der Waals surface area contributed by atoms with E-state index in [1.54, 1.807) is 0 Å². The van der Waals surface area contributed by atoms with E-state index in [9.17, 15) is 4.79 Å². The van der Waals surface area contributed by atoms with Gasteiger partial charge in [0.15, 0.2) is 0 Å². The van der Waals surface area contributed by atoms with Crippen molar-refractivity contribution in [3.8, 4) is 0 Å². The fourth-order valence-corrected chi connectivity index (χ4v) is 3.16. The highest BCUT2D eigenvalue weighted by molar-refractivity contribution is 8.00. The van der Waals surface area contributed by atoms with Gasteiger partial charge in [-0.05, 0) is 24.7 Å². The maximum Gasteiger partial charge on any atom is 0.241 e. The van der Waals surface area contributed by atoms with Crippen LogP contribution >= 0.6 is 24.2 Å². The normalized spacial score (nSPS) is 18.4. The maximum absolute atomic E-state index is 12.2. The SMILES string of the molecule is CSC1(CNC(=O)C(N)c2ccccc2)CCOCC1.Cl. The van der Waals surface area contributed by atoms with E-state index < -0.39 is 6.04 Å². The van der Waals surface area contributed by atoms with Crippen molar-refractivity contribution in [1.29, 1.82) is 0 Å². The summed E-state index contributed by atoms with van der Waals surface area (Å²) in [6, 6.07) is 8.86. The first-order valence-corrected chi connectivity index (χ1v) is 8.10. The first kappa shape index (κ1) is 18.3. The van der Waals surface area contributed by atoms with Crippen molar-refractivity contribution in [3.05, 3.63) is 35.9 Å². The topological polar surface area (TPSA) is 64.4 Å². The Morgan fingerprint density at radius 1 is 1.38 bits per heavy atom. The van der Waals surface area contributed by atoms with Crippen LogP contribution in [0.3, 0.4) is 0 Å². The molecule has 0 aliphatic carbocycles. The molecular formula is C15H23ClN2O2S. The predicted octanol–water partition coefficient (Wildman–Crippen LogP) is 2.14. The predicted molar refractivity (Wildman–Crippen MR) is 89.9 cm³/mol. The Balaban J connectivity index is 0.00000220. The minimum absolute atomic E-state index is 0. The molecule has 118 valence electrons. The molecule has 1 aliphatic heterocycles. The second-order valence-corrected chi connectivity index (χ2v) is 6.38. The zero-order chi connectivity index (χ0) is 14.4. The molecule has 0 saturated carbocycles. The number of halogens is 1. The lowest BCUT2D eigenvalue weighted by atomic mass is 9.98. The average molecular weight is 331 g/mol. The van der Waals surface area contributed by atoms with Crippen molar-refractivity contribution < 1.29 is 9.53 Å². The van der Waals surface area contributed by atoms with Gasteiger partial charge >= 0.3 is 0 Å². The third-order valence-corrected chi connectivity index (χ3v) is 5.28. The Morgan fingerprint density at radius 3 is 2.57 bits per heavy atom. The Bertz CT molecular complexity index is 439. The number of hydrogen-bond donors (Lipinski definition) is 2. The molecule has 3 N–H and O–H groups in total. The molecule has 1 aromatic carbocycles. The molecule has 6 heteroatoms. The summed E-state index contributed by atoms with van der Waals surface area (Å²) in [5.41, 5.74) is 6.84. The summed E-state index contributed by atoms with van der Waals surface area (Å²) in [6.07, 6.45) is 4.03. The Labute approximate surface area is 136 Å². The largest absolute Gasteiger partial charge is 0.381 e. The van der Waals surface area contributed by atoms with Gasteiger partial charge in [-0.3, -0.25) is 4.79 Å². The number of carbonyl (C=O) groups is 1. The van der Waals surface area contributed by atoms with Crippen molar-refractivity contribution in [1.82, 2.24) is 5.32 Å². The van der Waals surface area contributed by atoms with Crippen LogP contribution in [-0.2, 0) is 9.53 Å². The van der Waals surface area contributed by atoms with Crippen LogP contribution in [0.2, 0.25) is 0 Å². The lowest BCUT2D eigenvalue weighted by Crippen LogP contribution is -2.46. The van der Waals surface area contributed by atoms with E-state index >= 15 is 0 Å². The summed E-state index contributed by atoms with van der Waals surface area (Å²) in [4.78, 5) is 12.2. The van der Waals surface area contributed by atoms with Crippen molar-refractivity contribution in [2.24, 2.45) is 5.73 Å². The van der Waals surface area contributed by atoms with Crippen molar-refractivity contribution >= 4 is 30.1 Å². The minimum atomic E-state index is -0.602. The molecule has 1 heterocycles. The molecule has 0 spiro atoms. The van der Waals surface area contributed by atoms with Gasteiger partial charge in [-0.2, -0.15) is 11.8 Å². The molecule has 1 amide bonds. The van der Waals surface area contributed by atoms with Crippen LogP contribution in [0.4, 0.5) is 0 Å². The molecule has 1 unspecified atom stereocenters. The lowest BCUT2D eigenvalue weighted by molar-refractivity contribution is -0.122. The highest BCUT2D eigenvalue weighted by Gasteiger charge is 2.32. The first-order chi connectivity index (χ1) is 9.67. The quantitative estimate of drug-likeness (QED) is 0.868. The van der Waals surface area contributed by atoms with E-state index in [1.807, 2.05) is 42.1 Å². The van der Waals surface area contributed by atoms with Crippen molar-refractivity contribution in [3.63, 3.8) is 0 Å². The number of rotatable bonds is 5. The summed E-state index contributed by atoms with van der Waals surface area (Å²) in [5, 5.41) is 3.00. The van der Waals surface area contributed by atoms with E-state index in [2.05, 4.69) is 11.6 Å². The minimum Gasteiger partial charge on any atom is -0.381 e. The van der Waals surface area contributed by atoms with E-state index in [0.717, 1.165) is 31.6 Å². The van der Waals surface area contributed by atoms with Gasteiger partial charge in [0.25, 0.3) is 0 Å². The molecule has 1 atom stereocenters. The van der Waals surface area contributed by atoms with Gasteiger partial charge < -0.3 is 15.8 Å². The van der Waals surface area contributed by atoms with Gasteiger partial charge in [-0.15, -0.1) is 12.4 Å². The fraction of sp³-hybridized carbons (Fsp3) is 0.533. The molecule has 0 bridgehead atoms. The summed E-state index contributed by atoms with van der Waals surface area (Å²) in [5.74, 6) is -0.115. The second-order valence-electron chi connectivity index (χ2n) is 5.11. The number of benzene rings is 1. The van der Waals surface area contributed by atoms with Gasteiger partial charge in [0.1, 0.15) is 6.04 Å². The van der Waals surface area contributed by atoms with Crippen LogP contribution < -0.4 is 11.1 Å². The Kier molecular flexibility index (Phi) is 7.52. The van der Waals surface area contributed by atoms with Crippen LogP contribution in [0.5, 0.6) is 0 Å². The summed E-state index contributed by atoms with van der Waals surface area (Å²) >= 11 is 1.81. The number of nitrogens with one attached hydrogen (secondary N) is 1. The second kappa shape index (κ2) is 8.63. The smallest absolute Gasteiger partial charge is 0.241 e. The molecule has 1 saturated heterocycles. The molecule has 1 fully saturated rings. The van der Waals surface area contributed by atoms with Crippen LogP contribution in [0, 0.1) is 0 Å². The average Bonchev–Trinajstić information content (AvgIpc) is 2.53. The Hall–Kier alpha value is -0.750. The molecule has 21 heavy (non-hydrogen) atoms. The van der Waals surface area contributed by atoms with E-state index in [4.69, 9.17) is 10.5 Å². The van der Waals surface area contributed by atoms with Crippen LogP contribution in [0.25, 0.3) is 0 Å². The van der Waals surface area contributed by atoms with Gasteiger partial charge in [0.2, 0.25) is 5.91 Å². The van der Waals surface area contributed by atoms with Gasteiger partial charge in [-0.25, -0.2) is 0 Å². The number of nitrogens with two attached hydrogens (primary N) is 1. The summed E-state index contributed by atoms with van der Waals surface area (Å²) in [6.45, 7) is 2.18. The zero-order valence-electron chi connectivity index (χ0n) is 12.2. The highest BCUT2D eigenvalue weighted by atomic mass is 35.5. The first-order valence-electron chi connectivity index (χ1n) is 6.88. The van der Waals surface area contributed by atoms with Crippen LogP contribution in [0.15, 0.2) is 30.3 Å². The number of amides is 1.